The summed E-state index contributed by atoms with van der Waals surface area (Å²) in [6, 6.07) is 0. The summed E-state index contributed by atoms with van der Waals surface area (Å²) in [6.45, 7) is 0. The summed E-state index contributed by atoms with van der Waals surface area (Å²) in [4.78, 5) is 0. The van der Waals surface area contributed by atoms with Crippen LogP contribution >= 0.6 is 0 Å². The van der Waals surface area contributed by atoms with Crippen molar-refractivity contribution in [2.45, 2.75) is 0 Å². The second kappa shape index (κ2) is 88.2. The topological polar surface area (TPSA) is 85.5 Å². The maximum Gasteiger partial charge on any atom is 3.00 e. The summed E-state index contributed by atoms with van der Waals surface area (Å²) in [5.74, 6) is 0. The summed E-state index contributed by atoms with van der Waals surface area (Å²) < 4.78 is 0. The zero-order chi connectivity index (χ0) is 0. The molecule has 48 valence electrons. The van der Waals surface area contributed by atoms with E-state index in [1.807, 2.05) is 0 Å². The molecule has 0 rings (SSSR count). The Morgan fingerprint density at radius 1 is 0.429 bits per heavy atom. The normalized spacial score (nSPS) is 0. The molecule has 0 bridgehead atoms. The molecule has 0 heterocycles. The molecule has 0 amide bonds. The van der Waals surface area contributed by atoms with Crippen LogP contribution in [-0.4, -0.2) is 0 Å². The molecule has 0 unspecified atom stereocenters. The van der Waals surface area contributed by atoms with Crippen LogP contribution in [0, 0.1) is 0 Å². The predicted molar refractivity (Wildman–Crippen MR) is 2.06 cm³/mol. The maximum atomic E-state index is 0. The molecule has 0 aliphatic rings. The van der Waals surface area contributed by atoms with E-state index in [1.165, 1.54) is 0 Å². The van der Waals surface area contributed by atoms with Crippen molar-refractivity contribution in [2.24, 2.45) is 0 Å². The van der Waals surface area contributed by atoms with Crippen LogP contribution in [-0.2, 0) is 90.1 Å². The summed E-state index contributed by atoms with van der Waals surface area (Å²) in [6.07, 6.45) is 0. The first-order chi connectivity index (χ1) is 0. The van der Waals surface area contributed by atoms with Crippen LogP contribution in [0.5, 0.6) is 0 Å². The Morgan fingerprint density at radius 2 is 0.429 bits per heavy atom. The van der Waals surface area contributed by atoms with Crippen molar-refractivity contribution in [2.75, 3.05) is 0 Å². The SMILES string of the molecule is [Cr+3].[Cr+3].[O-2].[O-2].[O-2].[Rh].[Rh]. The summed E-state index contributed by atoms with van der Waals surface area (Å²) in [7, 11) is 0. The minimum atomic E-state index is 0. The van der Waals surface area contributed by atoms with E-state index in [9.17, 15) is 0 Å². The van der Waals surface area contributed by atoms with Gasteiger partial charge >= 0.3 is 34.7 Å². The van der Waals surface area contributed by atoms with Gasteiger partial charge in [0.15, 0.2) is 0 Å². The Balaban J connectivity index is 0. The van der Waals surface area contributed by atoms with E-state index in [-0.39, 0.29) is 90.1 Å². The first kappa shape index (κ1) is 128. The van der Waals surface area contributed by atoms with Gasteiger partial charge in [0.2, 0.25) is 0 Å². The zero-order valence-corrected chi connectivity index (χ0v) is 8.54. The van der Waals surface area contributed by atoms with Crippen molar-refractivity contribution in [3.05, 3.63) is 0 Å². The minimum Gasteiger partial charge on any atom is -2.00 e. The fourth-order valence-electron chi connectivity index (χ4n) is 0. The van der Waals surface area contributed by atoms with Crippen molar-refractivity contribution in [3.63, 3.8) is 0 Å². The second-order valence-corrected chi connectivity index (χ2v) is 0. The van der Waals surface area contributed by atoms with Crippen LogP contribution in [0.2, 0.25) is 0 Å². The van der Waals surface area contributed by atoms with E-state index < -0.39 is 0 Å². The molecule has 0 saturated carbocycles. The van der Waals surface area contributed by atoms with E-state index in [1.54, 1.807) is 0 Å². The van der Waals surface area contributed by atoms with Crippen LogP contribution in [0.15, 0.2) is 0 Å². The third-order valence-electron chi connectivity index (χ3n) is 0. The zero-order valence-electron chi connectivity index (χ0n) is 2.71. The second-order valence-electron chi connectivity index (χ2n) is 0. The molecule has 7 heavy (non-hydrogen) atoms. The molecule has 0 spiro atoms. The number of hydrogen-bond donors (Lipinski definition) is 0. The van der Waals surface area contributed by atoms with Crippen molar-refractivity contribution in [3.8, 4) is 0 Å². The molecule has 0 atom stereocenters. The van der Waals surface area contributed by atoms with Crippen molar-refractivity contribution in [1.82, 2.24) is 0 Å². The molecule has 4 radical (unpaired) electrons. The molecule has 0 saturated heterocycles. The van der Waals surface area contributed by atoms with E-state index in [2.05, 4.69) is 0 Å². The van der Waals surface area contributed by atoms with Gasteiger partial charge in [-0.25, -0.2) is 0 Å². The van der Waals surface area contributed by atoms with Crippen molar-refractivity contribution in [1.29, 1.82) is 0 Å². The van der Waals surface area contributed by atoms with Gasteiger partial charge in [-0.3, -0.25) is 0 Å². The molecule has 0 aromatic heterocycles. The molecule has 3 nitrogen and oxygen atoms in total. The fraction of sp³-hybridized carbons (Fsp3) is 0. The fourth-order valence-corrected chi connectivity index (χ4v) is 0. The molecular formula is Cr2O3Rh2. The van der Waals surface area contributed by atoms with E-state index >= 15 is 0 Å². The van der Waals surface area contributed by atoms with Crippen LogP contribution in [0.4, 0.5) is 0 Å². The number of hydrogen-bond acceptors (Lipinski definition) is 0. The largest absolute Gasteiger partial charge is 3.00 e. The first-order valence-corrected chi connectivity index (χ1v) is 0. The van der Waals surface area contributed by atoms with Gasteiger partial charge in [0.25, 0.3) is 0 Å². The standard InChI is InChI=1S/2Cr.3O.2Rh/q2*+3;3*-2;;. The molecule has 0 N–H and O–H groups in total. The first-order valence-electron chi connectivity index (χ1n) is 0. The predicted octanol–water partition coefficient (Wildman–Crippen LogP) is -0.366. The molecule has 0 fully saturated rings. The Labute approximate surface area is 89.3 Å². The van der Waals surface area contributed by atoms with Crippen molar-refractivity contribution < 1.29 is 90.1 Å². The average molecular weight is 358 g/mol. The smallest absolute Gasteiger partial charge is 2.00 e. The number of rotatable bonds is 0. The molecule has 0 aromatic rings. The van der Waals surface area contributed by atoms with Crippen LogP contribution in [0.25, 0.3) is 0 Å². The Bertz CT molecular complexity index is 10.9. The van der Waals surface area contributed by atoms with Gasteiger partial charge in [0.1, 0.15) is 0 Å². The van der Waals surface area contributed by atoms with Crippen LogP contribution in [0.1, 0.15) is 0 Å². The molecule has 0 aliphatic heterocycles. The summed E-state index contributed by atoms with van der Waals surface area (Å²) in [5, 5.41) is 0. The summed E-state index contributed by atoms with van der Waals surface area (Å²) >= 11 is 0. The van der Waals surface area contributed by atoms with Crippen LogP contribution < -0.4 is 0 Å². The molecule has 7 heteroatoms. The molecular weight excluding hydrogens is 358 g/mol. The van der Waals surface area contributed by atoms with Gasteiger partial charge in [-0.05, 0) is 0 Å². The molecule has 0 aromatic carbocycles. The Hall–Kier alpha value is 2.19. The third-order valence-corrected chi connectivity index (χ3v) is 0. The van der Waals surface area contributed by atoms with Gasteiger partial charge < -0.3 is 16.4 Å². The molecule has 0 aliphatic carbocycles. The van der Waals surface area contributed by atoms with Gasteiger partial charge in [-0.1, -0.05) is 0 Å². The third kappa shape index (κ3) is 65.4. The summed E-state index contributed by atoms with van der Waals surface area (Å²) in [5.41, 5.74) is 0. The van der Waals surface area contributed by atoms with Gasteiger partial charge in [0.05, 0.1) is 0 Å². The average Bonchev–Trinajstić information content (AvgIpc) is 0. The van der Waals surface area contributed by atoms with Crippen molar-refractivity contribution >= 4 is 0 Å². The van der Waals surface area contributed by atoms with E-state index in [0.717, 1.165) is 0 Å². The Kier molecular flexibility index (Phi) is 1620. The maximum absolute atomic E-state index is 0. The van der Waals surface area contributed by atoms with Gasteiger partial charge in [0, 0.05) is 39.0 Å². The quantitative estimate of drug-likeness (QED) is 0.530. The van der Waals surface area contributed by atoms with Crippen LogP contribution in [0.3, 0.4) is 0 Å². The van der Waals surface area contributed by atoms with Gasteiger partial charge in [-0.15, -0.1) is 0 Å². The van der Waals surface area contributed by atoms with E-state index in [4.69, 9.17) is 0 Å². The monoisotopic (exact) mass is 358 g/mol. The van der Waals surface area contributed by atoms with E-state index in [0.29, 0.717) is 0 Å². The minimum absolute atomic E-state index is 0. The van der Waals surface area contributed by atoms with Gasteiger partial charge in [-0.2, -0.15) is 0 Å². The Morgan fingerprint density at radius 3 is 0.429 bits per heavy atom.